The molecule has 0 aliphatic carbocycles. The van der Waals surface area contributed by atoms with Crippen molar-refractivity contribution in [3.63, 3.8) is 0 Å². The predicted molar refractivity (Wildman–Crippen MR) is 59.5 cm³/mol. The number of nitrogens with two attached hydrogens (primary N) is 1. The summed E-state index contributed by atoms with van der Waals surface area (Å²) < 4.78 is 4.88. The van der Waals surface area contributed by atoms with Crippen molar-refractivity contribution < 1.29 is 4.52 Å². The van der Waals surface area contributed by atoms with Crippen molar-refractivity contribution in [2.24, 2.45) is 0 Å². The zero-order chi connectivity index (χ0) is 10.7. The lowest BCUT2D eigenvalue weighted by Gasteiger charge is -2.01. The number of aromatic nitrogens is 2. The van der Waals surface area contributed by atoms with E-state index in [4.69, 9.17) is 10.3 Å². The second-order valence-corrected chi connectivity index (χ2v) is 4.07. The van der Waals surface area contributed by atoms with Gasteiger partial charge in [-0.15, -0.1) is 11.8 Å². The van der Waals surface area contributed by atoms with E-state index in [1.807, 2.05) is 24.3 Å². The molecule has 0 bridgehead atoms. The molecule has 15 heavy (non-hydrogen) atoms. The Kier molecular flexibility index (Phi) is 2.91. The molecular weight excluding hydrogens is 210 g/mol. The van der Waals surface area contributed by atoms with Crippen LogP contribution in [0.1, 0.15) is 11.7 Å². The highest BCUT2D eigenvalue weighted by Crippen LogP contribution is 2.26. The normalized spacial score (nSPS) is 10.5. The third-order valence-corrected chi connectivity index (χ3v) is 2.93. The maximum absolute atomic E-state index is 5.80. The Labute approximate surface area is 91.9 Å². The Morgan fingerprint density at radius 1 is 1.40 bits per heavy atom. The molecule has 5 heteroatoms. The van der Waals surface area contributed by atoms with E-state index in [2.05, 4.69) is 10.1 Å². The number of anilines is 1. The molecule has 1 aromatic carbocycles. The summed E-state index contributed by atoms with van der Waals surface area (Å²) in [7, 11) is 0. The first-order valence-electron chi connectivity index (χ1n) is 4.52. The fourth-order valence-electron chi connectivity index (χ4n) is 1.15. The van der Waals surface area contributed by atoms with Gasteiger partial charge in [0.2, 0.25) is 5.89 Å². The molecule has 1 aromatic heterocycles. The molecule has 0 fully saturated rings. The standard InChI is InChI=1S/C10H11N3OS/c1-7-12-10(13-14-7)6-15-9-5-3-2-4-8(9)11/h2-5H,6,11H2,1H3. The zero-order valence-corrected chi connectivity index (χ0v) is 9.12. The van der Waals surface area contributed by atoms with E-state index in [0.717, 1.165) is 10.6 Å². The molecule has 0 radical (unpaired) electrons. The maximum Gasteiger partial charge on any atom is 0.223 e. The van der Waals surface area contributed by atoms with Crippen LogP contribution in [0.2, 0.25) is 0 Å². The van der Waals surface area contributed by atoms with Gasteiger partial charge in [0.25, 0.3) is 0 Å². The molecule has 1 heterocycles. The van der Waals surface area contributed by atoms with Gasteiger partial charge in [0, 0.05) is 17.5 Å². The quantitative estimate of drug-likeness (QED) is 0.636. The molecule has 0 saturated carbocycles. The summed E-state index contributed by atoms with van der Waals surface area (Å²) in [5, 5.41) is 3.81. The van der Waals surface area contributed by atoms with Gasteiger partial charge in [0.1, 0.15) is 0 Å². The minimum Gasteiger partial charge on any atom is -0.398 e. The zero-order valence-electron chi connectivity index (χ0n) is 8.30. The Balaban J connectivity index is 2.02. The van der Waals surface area contributed by atoms with Crippen LogP contribution in [0.5, 0.6) is 0 Å². The monoisotopic (exact) mass is 221 g/mol. The first-order valence-corrected chi connectivity index (χ1v) is 5.51. The predicted octanol–water partition coefficient (Wildman–Crippen LogP) is 2.25. The van der Waals surface area contributed by atoms with Gasteiger partial charge in [0.05, 0.1) is 5.75 Å². The second-order valence-electron chi connectivity index (χ2n) is 3.06. The molecule has 0 amide bonds. The van der Waals surface area contributed by atoms with Crippen molar-refractivity contribution in [1.82, 2.24) is 10.1 Å². The van der Waals surface area contributed by atoms with Gasteiger partial charge in [-0.3, -0.25) is 0 Å². The van der Waals surface area contributed by atoms with E-state index in [0.29, 0.717) is 17.5 Å². The van der Waals surface area contributed by atoms with Gasteiger partial charge in [0.15, 0.2) is 5.82 Å². The largest absolute Gasteiger partial charge is 0.398 e. The highest BCUT2D eigenvalue weighted by atomic mass is 32.2. The van der Waals surface area contributed by atoms with E-state index in [1.54, 1.807) is 18.7 Å². The van der Waals surface area contributed by atoms with Gasteiger partial charge in [-0.25, -0.2) is 0 Å². The fraction of sp³-hybridized carbons (Fsp3) is 0.200. The summed E-state index contributed by atoms with van der Waals surface area (Å²) in [5.41, 5.74) is 6.59. The topological polar surface area (TPSA) is 64.9 Å². The lowest BCUT2D eigenvalue weighted by Crippen LogP contribution is -1.89. The maximum atomic E-state index is 5.80. The molecule has 0 atom stereocenters. The summed E-state index contributed by atoms with van der Waals surface area (Å²) in [6.07, 6.45) is 0. The third-order valence-electron chi connectivity index (χ3n) is 1.85. The number of nitrogens with zero attached hydrogens (tertiary/aromatic N) is 2. The average Bonchev–Trinajstić information content (AvgIpc) is 2.63. The minimum absolute atomic E-state index is 0.589. The lowest BCUT2D eigenvalue weighted by atomic mass is 10.3. The Morgan fingerprint density at radius 2 is 2.20 bits per heavy atom. The number of para-hydroxylation sites is 1. The number of aryl methyl sites for hydroxylation is 1. The molecule has 0 aliphatic rings. The molecule has 0 saturated heterocycles. The van der Waals surface area contributed by atoms with Crippen LogP contribution in [-0.2, 0) is 5.75 Å². The summed E-state index contributed by atoms with van der Waals surface area (Å²) in [4.78, 5) is 5.16. The van der Waals surface area contributed by atoms with Gasteiger partial charge in [-0.2, -0.15) is 4.98 Å². The van der Waals surface area contributed by atoms with Crippen molar-refractivity contribution in [3.05, 3.63) is 36.0 Å². The highest BCUT2D eigenvalue weighted by molar-refractivity contribution is 7.98. The van der Waals surface area contributed by atoms with Crippen LogP contribution in [0.4, 0.5) is 5.69 Å². The molecule has 0 unspecified atom stereocenters. The van der Waals surface area contributed by atoms with E-state index in [9.17, 15) is 0 Å². The third kappa shape index (κ3) is 2.50. The number of thioether (sulfide) groups is 1. The van der Waals surface area contributed by atoms with Gasteiger partial charge in [-0.1, -0.05) is 17.3 Å². The van der Waals surface area contributed by atoms with Crippen LogP contribution in [0, 0.1) is 6.92 Å². The second kappa shape index (κ2) is 4.35. The van der Waals surface area contributed by atoms with Crippen molar-refractivity contribution in [2.75, 3.05) is 5.73 Å². The molecule has 2 aromatic rings. The van der Waals surface area contributed by atoms with Crippen LogP contribution in [-0.4, -0.2) is 10.1 Å². The van der Waals surface area contributed by atoms with Crippen molar-refractivity contribution in [2.45, 2.75) is 17.6 Å². The lowest BCUT2D eigenvalue weighted by molar-refractivity contribution is 0.389. The van der Waals surface area contributed by atoms with E-state index >= 15 is 0 Å². The average molecular weight is 221 g/mol. The first kappa shape index (κ1) is 10.0. The highest BCUT2D eigenvalue weighted by Gasteiger charge is 2.04. The Morgan fingerprint density at radius 3 is 2.87 bits per heavy atom. The van der Waals surface area contributed by atoms with Crippen LogP contribution < -0.4 is 5.73 Å². The van der Waals surface area contributed by atoms with Crippen LogP contribution in [0.25, 0.3) is 0 Å². The Hall–Kier alpha value is -1.49. The number of benzene rings is 1. The molecule has 2 N–H and O–H groups in total. The first-order chi connectivity index (χ1) is 7.25. The van der Waals surface area contributed by atoms with E-state index in [-0.39, 0.29) is 0 Å². The number of rotatable bonds is 3. The smallest absolute Gasteiger partial charge is 0.223 e. The number of hydrogen-bond donors (Lipinski definition) is 1. The summed E-state index contributed by atoms with van der Waals surface area (Å²) in [6.45, 7) is 1.78. The van der Waals surface area contributed by atoms with Crippen molar-refractivity contribution >= 4 is 17.4 Å². The van der Waals surface area contributed by atoms with Crippen LogP contribution >= 0.6 is 11.8 Å². The SMILES string of the molecule is Cc1nc(CSc2ccccc2N)no1. The van der Waals surface area contributed by atoms with Gasteiger partial charge >= 0.3 is 0 Å². The molecule has 78 valence electrons. The number of hydrogen-bond acceptors (Lipinski definition) is 5. The molecule has 4 nitrogen and oxygen atoms in total. The van der Waals surface area contributed by atoms with Crippen LogP contribution in [0.15, 0.2) is 33.7 Å². The fourth-order valence-corrected chi connectivity index (χ4v) is 1.97. The molecule has 0 aliphatic heterocycles. The van der Waals surface area contributed by atoms with Crippen molar-refractivity contribution in [1.29, 1.82) is 0 Å². The summed E-state index contributed by atoms with van der Waals surface area (Å²) in [5.74, 6) is 1.96. The van der Waals surface area contributed by atoms with Gasteiger partial charge < -0.3 is 10.3 Å². The molecular formula is C10H11N3OS. The van der Waals surface area contributed by atoms with Crippen molar-refractivity contribution in [3.8, 4) is 0 Å². The van der Waals surface area contributed by atoms with E-state index < -0.39 is 0 Å². The summed E-state index contributed by atoms with van der Waals surface area (Å²) >= 11 is 1.60. The van der Waals surface area contributed by atoms with E-state index in [1.165, 1.54) is 0 Å². The van der Waals surface area contributed by atoms with Gasteiger partial charge in [-0.05, 0) is 12.1 Å². The minimum atomic E-state index is 0.589. The number of nitrogen functional groups attached to an aromatic ring is 1. The molecule has 0 spiro atoms. The Bertz CT molecular complexity index is 455. The molecule has 2 rings (SSSR count). The summed E-state index contributed by atoms with van der Waals surface area (Å²) in [6, 6.07) is 7.73. The van der Waals surface area contributed by atoms with Crippen LogP contribution in [0.3, 0.4) is 0 Å².